The fourth-order valence-corrected chi connectivity index (χ4v) is 3.30. The molecule has 1 aliphatic rings. The second-order valence-electron chi connectivity index (χ2n) is 7.14. The van der Waals surface area contributed by atoms with Gasteiger partial charge >= 0.3 is 0 Å². The van der Waals surface area contributed by atoms with Crippen molar-refractivity contribution in [2.24, 2.45) is 4.99 Å². The SMILES string of the molecule is CSCCNC(=NCC(=O)N(C)C)NC1CCCN(c2ccc(C)cc2)C1. The molecule has 7 heteroatoms. The highest BCUT2D eigenvalue weighted by Gasteiger charge is 2.21. The van der Waals surface area contributed by atoms with E-state index in [1.165, 1.54) is 11.3 Å². The number of aryl methyl sites for hydroxylation is 1. The number of carbonyl (C=O) groups is 1. The summed E-state index contributed by atoms with van der Waals surface area (Å²) in [6.45, 7) is 5.12. The average molecular weight is 392 g/mol. The average Bonchev–Trinajstić information content (AvgIpc) is 2.66. The standard InChI is InChI=1S/C20H33N5OS/c1-16-7-9-18(10-8-16)25-12-5-6-17(15-25)23-20(21-11-13-27-4)22-14-19(26)24(2)3/h7-10,17H,5-6,11-15H2,1-4H3,(H2,21,22,23). The smallest absolute Gasteiger partial charge is 0.243 e. The third-order valence-corrected chi connectivity index (χ3v) is 5.24. The van der Waals surface area contributed by atoms with Crippen molar-refractivity contribution >= 4 is 29.3 Å². The molecule has 0 aliphatic carbocycles. The van der Waals surface area contributed by atoms with Crippen LogP contribution in [0.3, 0.4) is 0 Å². The lowest BCUT2D eigenvalue weighted by atomic mass is 10.0. The summed E-state index contributed by atoms with van der Waals surface area (Å²) < 4.78 is 0. The molecule has 0 radical (unpaired) electrons. The van der Waals surface area contributed by atoms with Gasteiger partial charge in [0.1, 0.15) is 6.54 Å². The van der Waals surface area contributed by atoms with Gasteiger partial charge in [-0.05, 0) is 38.2 Å². The van der Waals surface area contributed by atoms with Crippen LogP contribution in [0, 0.1) is 6.92 Å². The normalized spacial score (nSPS) is 17.6. The molecule has 1 aromatic carbocycles. The molecule has 1 amide bonds. The predicted molar refractivity (Wildman–Crippen MR) is 117 cm³/mol. The van der Waals surface area contributed by atoms with Crippen LogP contribution in [0.15, 0.2) is 29.3 Å². The van der Waals surface area contributed by atoms with Crippen molar-refractivity contribution in [1.82, 2.24) is 15.5 Å². The molecule has 1 fully saturated rings. The summed E-state index contributed by atoms with van der Waals surface area (Å²) in [5.74, 6) is 1.74. The first kappa shape index (κ1) is 21.4. The summed E-state index contributed by atoms with van der Waals surface area (Å²) in [4.78, 5) is 20.4. The zero-order chi connectivity index (χ0) is 19.6. The quantitative estimate of drug-likeness (QED) is 0.423. The molecule has 0 saturated carbocycles. The summed E-state index contributed by atoms with van der Waals surface area (Å²) in [6.07, 6.45) is 4.33. The number of thioether (sulfide) groups is 1. The topological polar surface area (TPSA) is 60.0 Å². The molecule has 1 aliphatic heterocycles. The third-order valence-electron chi connectivity index (χ3n) is 4.63. The number of guanidine groups is 1. The number of rotatable bonds is 7. The van der Waals surface area contributed by atoms with Crippen LogP contribution < -0.4 is 15.5 Å². The molecule has 6 nitrogen and oxygen atoms in total. The minimum atomic E-state index is 0.00546. The monoisotopic (exact) mass is 391 g/mol. The number of piperidine rings is 1. The largest absolute Gasteiger partial charge is 0.369 e. The van der Waals surface area contributed by atoms with Crippen molar-refractivity contribution in [1.29, 1.82) is 0 Å². The highest BCUT2D eigenvalue weighted by molar-refractivity contribution is 7.98. The van der Waals surface area contributed by atoms with Crippen LogP contribution in [0.2, 0.25) is 0 Å². The molecule has 0 aromatic heterocycles. The maximum Gasteiger partial charge on any atom is 0.243 e. The van der Waals surface area contributed by atoms with Gasteiger partial charge in [-0.1, -0.05) is 17.7 Å². The Morgan fingerprint density at radius 1 is 1.33 bits per heavy atom. The Labute approximate surface area is 167 Å². The number of carbonyl (C=O) groups excluding carboxylic acids is 1. The van der Waals surface area contributed by atoms with Crippen molar-refractivity contribution in [2.45, 2.75) is 25.8 Å². The molecule has 0 spiro atoms. The van der Waals surface area contributed by atoms with Gasteiger partial charge in [0.25, 0.3) is 0 Å². The van der Waals surface area contributed by atoms with Gasteiger partial charge in [-0.25, -0.2) is 4.99 Å². The van der Waals surface area contributed by atoms with E-state index in [0.717, 1.165) is 44.2 Å². The molecule has 1 heterocycles. The molecular weight excluding hydrogens is 358 g/mol. The van der Waals surface area contributed by atoms with E-state index in [9.17, 15) is 4.79 Å². The lowest BCUT2D eigenvalue weighted by molar-refractivity contribution is -0.127. The van der Waals surface area contributed by atoms with Gasteiger partial charge in [0, 0.05) is 51.2 Å². The molecule has 0 bridgehead atoms. The van der Waals surface area contributed by atoms with E-state index in [2.05, 4.69) is 58.0 Å². The minimum absolute atomic E-state index is 0.00546. The van der Waals surface area contributed by atoms with E-state index in [-0.39, 0.29) is 12.5 Å². The summed E-state index contributed by atoms with van der Waals surface area (Å²) in [7, 11) is 3.51. The van der Waals surface area contributed by atoms with Gasteiger partial charge in [0.05, 0.1) is 0 Å². The predicted octanol–water partition coefficient (Wildman–Crippen LogP) is 1.95. The first-order valence-corrected chi connectivity index (χ1v) is 10.9. The number of hydrogen-bond donors (Lipinski definition) is 2. The van der Waals surface area contributed by atoms with E-state index in [1.54, 1.807) is 30.8 Å². The fraction of sp³-hybridized carbons (Fsp3) is 0.600. The lowest BCUT2D eigenvalue weighted by Crippen LogP contribution is -2.51. The van der Waals surface area contributed by atoms with Gasteiger partial charge < -0.3 is 20.4 Å². The summed E-state index contributed by atoms with van der Waals surface area (Å²) in [5, 5.41) is 6.89. The molecule has 1 unspecified atom stereocenters. The van der Waals surface area contributed by atoms with Crippen molar-refractivity contribution in [3.05, 3.63) is 29.8 Å². The fourth-order valence-electron chi connectivity index (χ4n) is 2.99. The lowest BCUT2D eigenvalue weighted by Gasteiger charge is -2.35. The maximum atomic E-state index is 11.9. The zero-order valence-electron chi connectivity index (χ0n) is 17.0. The first-order valence-electron chi connectivity index (χ1n) is 9.55. The molecule has 150 valence electrons. The van der Waals surface area contributed by atoms with Gasteiger partial charge in [-0.3, -0.25) is 4.79 Å². The molecular formula is C20H33N5OS. The number of likely N-dealkylation sites (N-methyl/N-ethyl adjacent to an activating group) is 1. The van der Waals surface area contributed by atoms with Crippen LogP contribution in [0.1, 0.15) is 18.4 Å². The molecule has 2 N–H and O–H groups in total. The molecule has 1 atom stereocenters. The summed E-state index contributed by atoms with van der Waals surface area (Å²) in [5.41, 5.74) is 2.55. The summed E-state index contributed by atoms with van der Waals surface area (Å²) >= 11 is 1.79. The van der Waals surface area contributed by atoms with Crippen LogP contribution in [-0.4, -0.2) is 75.1 Å². The number of nitrogens with zero attached hydrogens (tertiary/aromatic N) is 3. The minimum Gasteiger partial charge on any atom is -0.369 e. The van der Waals surface area contributed by atoms with Crippen molar-refractivity contribution in [2.75, 3.05) is 57.2 Å². The second kappa shape index (κ2) is 11.1. The first-order chi connectivity index (χ1) is 13.0. The Balaban J connectivity index is 1.98. The Morgan fingerprint density at radius 3 is 2.74 bits per heavy atom. The van der Waals surface area contributed by atoms with Crippen LogP contribution in [0.5, 0.6) is 0 Å². The molecule has 2 rings (SSSR count). The number of nitrogens with one attached hydrogen (secondary N) is 2. The highest BCUT2D eigenvalue weighted by Crippen LogP contribution is 2.20. The van der Waals surface area contributed by atoms with Crippen LogP contribution in [-0.2, 0) is 4.79 Å². The number of hydrogen-bond acceptors (Lipinski definition) is 4. The van der Waals surface area contributed by atoms with E-state index in [1.807, 2.05) is 0 Å². The van der Waals surface area contributed by atoms with Crippen LogP contribution in [0.25, 0.3) is 0 Å². The van der Waals surface area contributed by atoms with Crippen molar-refractivity contribution in [3.63, 3.8) is 0 Å². The van der Waals surface area contributed by atoms with Gasteiger partial charge in [-0.15, -0.1) is 0 Å². The van der Waals surface area contributed by atoms with Crippen LogP contribution >= 0.6 is 11.8 Å². The Hall–Kier alpha value is -1.89. The van der Waals surface area contributed by atoms with Crippen molar-refractivity contribution < 1.29 is 4.79 Å². The number of amides is 1. The summed E-state index contributed by atoms with van der Waals surface area (Å²) in [6, 6.07) is 9.03. The molecule has 1 saturated heterocycles. The van der Waals surface area contributed by atoms with Gasteiger partial charge in [0.15, 0.2) is 5.96 Å². The second-order valence-corrected chi connectivity index (χ2v) is 8.12. The van der Waals surface area contributed by atoms with E-state index in [0.29, 0.717) is 6.04 Å². The number of benzene rings is 1. The molecule has 1 aromatic rings. The maximum absolute atomic E-state index is 11.9. The Bertz CT molecular complexity index is 617. The highest BCUT2D eigenvalue weighted by atomic mass is 32.2. The third kappa shape index (κ3) is 7.33. The van der Waals surface area contributed by atoms with E-state index < -0.39 is 0 Å². The van der Waals surface area contributed by atoms with E-state index in [4.69, 9.17) is 0 Å². The zero-order valence-corrected chi connectivity index (χ0v) is 17.8. The Morgan fingerprint density at radius 2 is 2.07 bits per heavy atom. The number of anilines is 1. The molecule has 27 heavy (non-hydrogen) atoms. The van der Waals surface area contributed by atoms with Gasteiger partial charge in [-0.2, -0.15) is 11.8 Å². The number of aliphatic imine (C=N–C) groups is 1. The van der Waals surface area contributed by atoms with Gasteiger partial charge in [0.2, 0.25) is 5.91 Å². The van der Waals surface area contributed by atoms with E-state index >= 15 is 0 Å². The van der Waals surface area contributed by atoms with Crippen LogP contribution in [0.4, 0.5) is 5.69 Å². The van der Waals surface area contributed by atoms with Crippen molar-refractivity contribution in [3.8, 4) is 0 Å². The Kier molecular flexibility index (Phi) is 8.78.